The summed E-state index contributed by atoms with van der Waals surface area (Å²) in [6, 6.07) is 4.71. The Labute approximate surface area is 176 Å². The molecule has 160 valence electrons. The van der Waals surface area contributed by atoms with Crippen molar-refractivity contribution >= 4 is 11.8 Å². The fraction of sp³-hybridized carbons (Fsp3) is 0.565. The second-order valence-electron chi connectivity index (χ2n) is 8.65. The number of benzene rings is 1. The molecule has 0 radical (unpaired) electrons. The zero-order valence-electron chi connectivity index (χ0n) is 17.7. The van der Waals surface area contributed by atoms with E-state index < -0.39 is 0 Å². The highest BCUT2D eigenvalue weighted by Gasteiger charge is 2.33. The zero-order valence-corrected chi connectivity index (χ0v) is 17.7. The second-order valence-corrected chi connectivity index (χ2v) is 8.65. The van der Waals surface area contributed by atoms with Crippen molar-refractivity contribution < 1.29 is 19.0 Å². The number of hydrogen-bond acceptors (Lipinski definition) is 5. The molecule has 1 saturated heterocycles. The third-order valence-corrected chi connectivity index (χ3v) is 6.43. The number of methoxy groups -OCH3 is 1. The first-order valence-electron chi connectivity index (χ1n) is 10.9. The maximum absolute atomic E-state index is 12.5. The normalized spacial score (nSPS) is 21.1. The van der Waals surface area contributed by atoms with Gasteiger partial charge in [0, 0.05) is 34.8 Å². The second kappa shape index (κ2) is 7.95. The molecule has 0 spiro atoms. The van der Waals surface area contributed by atoms with Crippen molar-refractivity contribution in [3.8, 4) is 16.9 Å². The number of hydrogen-bond donors (Lipinski definition) is 0. The molecular formula is C23H29N3O4. The molecule has 1 saturated carbocycles. The standard InChI is InChI=1S/C23H29N3O4/c1-15-3-6-20-21(26(15)23(27)28-2)8-7-19(17-11-24-25(12-17)18-4-5-18)22(20)30-10-9-16-13-29-14-16/h7-8,11-12,15-16,18H,3-6,9-10,13-14H2,1-2H3. The van der Waals surface area contributed by atoms with Crippen LogP contribution in [0.3, 0.4) is 0 Å². The molecule has 1 atom stereocenters. The van der Waals surface area contributed by atoms with E-state index in [0.717, 1.165) is 60.6 Å². The van der Waals surface area contributed by atoms with Gasteiger partial charge in [0.05, 0.1) is 44.9 Å². The maximum atomic E-state index is 12.5. The van der Waals surface area contributed by atoms with Gasteiger partial charge >= 0.3 is 6.09 Å². The topological polar surface area (TPSA) is 65.8 Å². The molecule has 0 N–H and O–H groups in total. The van der Waals surface area contributed by atoms with Gasteiger partial charge in [0.15, 0.2) is 0 Å². The lowest BCUT2D eigenvalue weighted by atomic mass is 9.92. The average molecular weight is 412 g/mol. The number of nitrogens with zero attached hydrogens (tertiary/aromatic N) is 3. The zero-order chi connectivity index (χ0) is 20.7. The summed E-state index contributed by atoms with van der Waals surface area (Å²) in [6.45, 7) is 4.35. The molecular weight excluding hydrogens is 382 g/mol. The van der Waals surface area contributed by atoms with Gasteiger partial charge in [-0.2, -0.15) is 5.10 Å². The van der Waals surface area contributed by atoms with Crippen LogP contribution in [0.4, 0.5) is 10.5 Å². The minimum absolute atomic E-state index is 0.0911. The van der Waals surface area contributed by atoms with Crippen molar-refractivity contribution in [3.63, 3.8) is 0 Å². The molecule has 7 nitrogen and oxygen atoms in total. The number of fused-ring (bicyclic) bond motifs is 1. The van der Waals surface area contributed by atoms with Crippen molar-refractivity contribution in [3.05, 3.63) is 30.1 Å². The smallest absolute Gasteiger partial charge is 0.414 e. The van der Waals surface area contributed by atoms with E-state index in [-0.39, 0.29) is 12.1 Å². The Balaban J connectivity index is 1.51. The molecule has 1 amide bonds. The molecule has 7 heteroatoms. The molecule has 0 bridgehead atoms. The number of anilines is 1. The van der Waals surface area contributed by atoms with Crippen LogP contribution in [-0.2, 0) is 15.9 Å². The van der Waals surface area contributed by atoms with Gasteiger partial charge in [-0.05, 0) is 51.2 Å². The molecule has 1 aromatic carbocycles. The summed E-state index contributed by atoms with van der Waals surface area (Å²) in [5.74, 6) is 1.46. The first-order chi connectivity index (χ1) is 14.7. The summed E-state index contributed by atoms with van der Waals surface area (Å²) in [4.78, 5) is 14.2. The first kappa shape index (κ1) is 19.4. The minimum Gasteiger partial charge on any atom is -0.493 e. The van der Waals surface area contributed by atoms with Gasteiger partial charge in [0.1, 0.15) is 5.75 Å². The van der Waals surface area contributed by atoms with Gasteiger partial charge in [-0.15, -0.1) is 0 Å². The molecule has 3 heterocycles. The van der Waals surface area contributed by atoms with E-state index in [4.69, 9.17) is 14.2 Å². The number of carbonyl (C=O) groups excluding carboxylic acids is 1. The van der Waals surface area contributed by atoms with E-state index >= 15 is 0 Å². The fourth-order valence-corrected chi connectivity index (χ4v) is 4.37. The van der Waals surface area contributed by atoms with Crippen LogP contribution in [0.2, 0.25) is 0 Å². The highest BCUT2D eigenvalue weighted by Crippen LogP contribution is 2.44. The van der Waals surface area contributed by atoms with Crippen LogP contribution in [0, 0.1) is 5.92 Å². The van der Waals surface area contributed by atoms with Gasteiger partial charge in [0.2, 0.25) is 0 Å². The quantitative estimate of drug-likeness (QED) is 0.712. The number of rotatable bonds is 6. The minimum atomic E-state index is -0.324. The van der Waals surface area contributed by atoms with Crippen LogP contribution >= 0.6 is 0 Å². The molecule has 2 aliphatic heterocycles. The van der Waals surface area contributed by atoms with Crippen molar-refractivity contribution in [2.45, 2.75) is 51.1 Å². The van der Waals surface area contributed by atoms with Crippen LogP contribution in [0.25, 0.3) is 11.1 Å². The maximum Gasteiger partial charge on any atom is 0.414 e. The predicted octanol–water partition coefficient (Wildman–Crippen LogP) is 4.21. The number of amides is 1. The number of carbonyl (C=O) groups is 1. The highest BCUT2D eigenvalue weighted by molar-refractivity contribution is 5.92. The molecule has 5 rings (SSSR count). The van der Waals surface area contributed by atoms with Gasteiger partial charge in [0.25, 0.3) is 0 Å². The van der Waals surface area contributed by atoms with Crippen LogP contribution in [0.15, 0.2) is 24.5 Å². The molecule has 30 heavy (non-hydrogen) atoms. The Morgan fingerprint density at radius 2 is 2.10 bits per heavy atom. The summed E-state index contributed by atoms with van der Waals surface area (Å²) in [5.41, 5.74) is 4.08. The lowest BCUT2D eigenvalue weighted by Crippen LogP contribution is -2.42. The number of aromatic nitrogens is 2. The lowest BCUT2D eigenvalue weighted by molar-refractivity contribution is -0.0401. The Bertz CT molecular complexity index is 933. The molecule has 1 aliphatic carbocycles. The summed E-state index contributed by atoms with van der Waals surface area (Å²) >= 11 is 0. The van der Waals surface area contributed by atoms with Gasteiger partial charge in [-0.3, -0.25) is 9.58 Å². The Hall–Kier alpha value is -2.54. The van der Waals surface area contributed by atoms with Crippen molar-refractivity contribution in [2.75, 3.05) is 31.8 Å². The lowest BCUT2D eigenvalue weighted by Gasteiger charge is -2.35. The molecule has 2 aromatic rings. The molecule has 1 unspecified atom stereocenters. The van der Waals surface area contributed by atoms with Crippen LogP contribution in [-0.4, -0.2) is 48.8 Å². The summed E-state index contributed by atoms with van der Waals surface area (Å²) in [7, 11) is 1.43. The van der Waals surface area contributed by atoms with Gasteiger partial charge < -0.3 is 14.2 Å². The number of ether oxygens (including phenoxy) is 3. The monoisotopic (exact) mass is 411 g/mol. The van der Waals surface area contributed by atoms with Gasteiger partial charge in [-0.1, -0.05) is 0 Å². The van der Waals surface area contributed by atoms with Crippen LogP contribution in [0.5, 0.6) is 5.75 Å². The summed E-state index contributed by atoms with van der Waals surface area (Å²) in [6.07, 6.45) is 8.84. The van der Waals surface area contributed by atoms with Crippen molar-refractivity contribution in [1.29, 1.82) is 0 Å². The third-order valence-electron chi connectivity index (χ3n) is 6.43. The molecule has 1 aromatic heterocycles. The van der Waals surface area contributed by atoms with E-state index in [0.29, 0.717) is 18.6 Å². The molecule has 2 fully saturated rings. The summed E-state index contributed by atoms with van der Waals surface area (Å²) in [5, 5.41) is 4.57. The first-order valence-corrected chi connectivity index (χ1v) is 10.9. The van der Waals surface area contributed by atoms with Crippen molar-refractivity contribution in [1.82, 2.24) is 9.78 Å². The Morgan fingerprint density at radius 3 is 2.80 bits per heavy atom. The van der Waals surface area contributed by atoms with E-state index in [1.165, 1.54) is 20.0 Å². The van der Waals surface area contributed by atoms with E-state index in [9.17, 15) is 4.79 Å². The van der Waals surface area contributed by atoms with E-state index in [2.05, 4.69) is 29.0 Å². The van der Waals surface area contributed by atoms with E-state index in [1.54, 1.807) is 4.90 Å². The third kappa shape index (κ3) is 3.55. The van der Waals surface area contributed by atoms with E-state index in [1.807, 2.05) is 12.3 Å². The fourth-order valence-electron chi connectivity index (χ4n) is 4.37. The summed E-state index contributed by atoms with van der Waals surface area (Å²) < 4.78 is 18.8. The molecule has 3 aliphatic rings. The predicted molar refractivity (Wildman–Crippen MR) is 113 cm³/mol. The van der Waals surface area contributed by atoms with Crippen LogP contribution < -0.4 is 9.64 Å². The Morgan fingerprint density at radius 1 is 1.27 bits per heavy atom. The van der Waals surface area contributed by atoms with Gasteiger partial charge in [-0.25, -0.2) is 4.79 Å². The van der Waals surface area contributed by atoms with Crippen molar-refractivity contribution in [2.24, 2.45) is 5.92 Å². The van der Waals surface area contributed by atoms with Crippen LogP contribution in [0.1, 0.15) is 44.2 Å². The average Bonchev–Trinajstić information content (AvgIpc) is 3.46. The highest BCUT2D eigenvalue weighted by atomic mass is 16.5. The Kier molecular flexibility index (Phi) is 5.15. The SMILES string of the molecule is COC(=O)N1c2ccc(-c3cnn(C4CC4)c3)c(OCCC3COC3)c2CCC1C. The largest absolute Gasteiger partial charge is 0.493 e.